The Bertz CT molecular complexity index is 1110. The number of amides is 1. The van der Waals surface area contributed by atoms with E-state index < -0.39 is 31.4 Å². The van der Waals surface area contributed by atoms with Crippen LogP contribution in [0.2, 0.25) is 0 Å². The third-order valence-corrected chi connectivity index (χ3v) is 6.19. The summed E-state index contributed by atoms with van der Waals surface area (Å²) in [4.78, 5) is 11.8. The molecule has 0 atom stereocenters. The summed E-state index contributed by atoms with van der Waals surface area (Å²) in [5.41, 5.74) is 0.840. The van der Waals surface area contributed by atoms with Crippen molar-refractivity contribution in [3.05, 3.63) is 53.3 Å². The molecule has 1 amide bonds. The smallest absolute Gasteiger partial charge is 0.251 e. The van der Waals surface area contributed by atoms with Gasteiger partial charge in [-0.1, -0.05) is 6.07 Å². The lowest BCUT2D eigenvalue weighted by Crippen LogP contribution is -2.29. The van der Waals surface area contributed by atoms with Gasteiger partial charge in [-0.15, -0.1) is 0 Å². The molecule has 0 radical (unpaired) electrons. The number of benzene rings is 2. The number of hydrogen-bond donors (Lipinski definition) is 2. The number of aryl methyl sites for hydroxylation is 1. The van der Waals surface area contributed by atoms with E-state index in [1.807, 2.05) is 0 Å². The van der Waals surface area contributed by atoms with Gasteiger partial charge in [0.2, 0.25) is 0 Å². The van der Waals surface area contributed by atoms with Gasteiger partial charge in [0.1, 0.15) is 5.82 Å². The number of carbonyl (C=O) groups excluding carboxylic acids is 1. The maximum absolute atomic E-state index is 13.5. The number of hydrogen-bond acceptors (Lipinski definition) is 6. The second kappa shape index (κ2) is 8.27. The van der Waals surface area contributed by atoms with Crippen LogP contribution in [-0.2, 0) is 19.7 Å². The molecular weight excluding hydrogens is 407 g/mol. The molecule has 0 unspecified atom stereocenters. The second-order valence-electron chi connectivity index (χ2n) is 6.35. The van der Waals surface area contributed by atoms with Gasteiger partial charge in [-0.05, 0) is 42.8 Å². The van der Waals surface area contributed by atoms with Gasteiger partial charge in [-0.25, -0.2) is 21.2 Å². The summed E-state index contributed by atoms with van der Waals surface area (Å²) in [5.74, 6) is -0.939. The van der Waals surface area contributed by atoms with Crippen molar-refractivity contribution < 1.29 is 26.0 Å². The van der Waals surface area contributed by atoms with Crippen molar-refractivity contribution in [1.82, 2.24) is 5.32 Å². The zero-order chi connectivity index (χ0) is 21.1. The van der Waals surface area contributed by atoms with Crippen molar-refractivity contribution in [2.75, 3.05) is 30.9 Å². The predicted molar refractivity (Wildman–Crippen MR) is 105 cm³/mol. The van der Waals surface area contributed by atoms with Crippen LogP contribution >= 0.6 is 0 Å². The fourth-order valence-electron chi connectivity index (χ4n) is 2.40. The normalized spacial score (nSPS) is 11.9. The van der Waals surface area contributed by atoms with E-state index in [1.165, 1.54) is 24.3 Å². The summed E-state index contributed by atoms with van der Waals surface area (Å²) in [5, 5.41) is 5.46. The van der Waals surface area contributed by atoms with Crippen molar-refractivity contribution in [2.45, 2.75) is 16.7 Å². The van der Waals surface area contributed by atoms with Crippen molar-refractivity contribution in [3.8, 4) is 0 Å². The molecule has 0 heterocycles. The first-order valence-corrected chi connectivity index (χ1v) is 12.0. The second-order valence-corrected chi connectivity index (χ2v) is 10.3. The lowest BCUT2D eigenvalue weighted by atomic mass is 10.1. The largest absolute Gasteiger partial charge is 0.382 e. The third-order valence-electron chi connectivity index (χ3n) is 3.94. The molecule has 2 rings (SSSR count). The van der Waals surface area contributed by atoms with Gasteiger partial charge in [-0.2, -0.15) is 0 Å². The van der Waals surface area contributed by atoms with E-state index in [1.54, 1.807) is 6.92 Å². The topological polar surface area (TPSA) is 109 Å². The van der Waals surface area contributed by atoms with E-state index in [0.717, 1.165) is 24.6 Å². The van der Waals surface area contributed by atoms with E-state index in [-0.39, 0.29) is 34.1 Å². The molecule has 0 aromatic heterocycles. The highest BCUT2D eigenvalue weighted by molar-refractivity contribution is 7.91. The SMILES string of the molecule is Cc1ccc(C(=O)NCCNc2ccc(S(C)(=O)=O)cc2S(C)(=O)=O)cc1F. The molecule has 10 heteroatoms. The van der Waals surface area contributed by atoms with Gasteiger partial charge in [0.15, 0.2) is 19.7 Å². The number of rotatable bonds is 7. The Labute approximate surface area is 163 Å². The first kappa shape index (κ1) is 21.8. The molecule has 2 N–H and O–H groups in total. The molecule has 28 heavy (non-hydrogen) atoms. The quantitative estimate of drug-likeness (QED) is 0.651. The molecule has 0 aliphatic heterocycles. The van der Waals surface area contributed by atoms with Crippen molar-refractivity contribution in [3.63, 3.8) is 0 Å². The van der Waals surface area contributed by atoms with Crippen LogP contribution in [0.3, 0.4) is 0 Å². The minimum atomic E-state index is -3.68. The maximum atomic E-state index is 13.5. The Hall–Kier alpha value is -2.46. The van der Waals surface area contributed by atoms with Gasteiger partial charge in [0.05, 0.1) is 15.5 Å². The lowest BCUT2D eigenvalue weighted by Gasteiger charge is -2.13. The summed E-state index contributed by atoms with van der Waals surface area (Å²) in [6.45, 7) is 1.92. The predicted octanol–water partition coefficient (Wildman–Crippen LogP) is 1.78. The van der Waals surface area contributed by atoms with Crippen LogP contribution in [0.5, 0.6) is 0 Å². The third kappa shape index (κ3) is 5.52. The van der Waals surface area contributed by atoms with E-state index in [9.17, 15) is 26.0 Å². The number of nitrogens with one attached hydrogen (secondary N) is 2. The zero-order valence-corrected chi connectivity index (χ0v) is 17.2. The van der Waals surface area contributed by atoms with E-state index in [2.05, 4.69) is 10.6 Å². The van der Waals surface area contributed by atoms with Crippen LogP contribution in [-0.4, -0.2) is 48.3 Å². The van der Waals surface area contributed by atoms with Gasteiger partial charge in [0, 0.05) is 31.2 Å². The van der Waals surface area contributed by atoms with Gasteiger partial charge < -0.3 is 10.6 Å². The summed E-state index contributed by atoms with van der Waals surface area (Å²) < 4.78 is 60.8. The monoisotopic (exact) mass is 428 g/mol. The molecule has 7 nitrogen and oxygen atoms in total. The van der Waals surface area contributed by atoms with E-state index in [0.29, 0.717) is 5.56 Å². The zero-order valence-electron chi connectivity index (χ0n) is 15.6. The number of sulfone groups is 2. The van der Waals surface area contributed by atoms with Crippen LogP contribution < -0.4 is 10.6 Å². The molecule has 0 saturated heterocycles. The number of halogens is 1. The molecule has 2 aromatic carbocycles. The molecule has 0 spiro atoms. The Morgan fingerprint density at radius 3 is 2.21 bits per heavy atom. The highest BCUT2D eigenvalue weighted by Gasteiger charge is 2.18. The summed E-state index contributed by atoms with van der Waals surface area (Å²) in [6.07, 6.45) is 1.97. The summed E-state index contributed by atoms with van der Waals surface area (Å²) in [6, 6.07) is 7.92. The number of carbonyl (C=O) groups is 1. The standard InChI is InChI=1S/C18H21FN2O5S2/c1-12-4-5-13(10-15(12)19)18(22)21-9-8-20-16-7-6-14(27(2,23)24)11-17(16)28(3,25)26/h4-7,10-11,20H,8-9H2,1-3H3,(H,21,22). The van der Waals surface area contributed by atoms with Gasteiger partial charge in [-0.3, -0.25) is 4.79 Å². The minimum Gasteiger partial charge on any atom is -0.382 e. The molecular formula is C18H21FN2O5S2. The molecule has 0 saturated carbocycles. The summed E-state index contributed by atoms with van der Waals surface area (Å²) in [7, 11) is -7.23. The van der Waals surface area contributed by atoms with Crippen LogP contribution in [0.15, 0.2) is 46.2 Å². The Morgan fingerprint density at radius 1 is 0.964 bits per heavy atom. The van der Waals surface area contributed by atoms with E-state index >= 15 is 0 Å². The molecule has 0 aliphatic rings. The number of anilines is 1. The summed E-state index contributed by atoms with van der Waals surface area (Å²) >= 11 is 0. The minimum absolute atomic E-state index is 0.104. The maximum Gasteiger partial charge on any atom is 0.251 e. The first-order chi connectivity index (χ1) is 12.9. The Balaban J connectivity index is 2.06. The first-order valence-electron chi connectivity index (χ1n) is 8.22. The Morgan fingerprint density at radius 2 is 1.64 bits per heavy atom. The van der Waals surface area contributed by atoms with Crippen molar-refractivity contribution in [1.29, 1.82) is 0 Å². The molecule has 152 valence electrons. The van der Waals surface area contributed by atoms with Gasteiger partial charge >= 0.3 is 0 Å². The van der Waals surface area contributed by atoms with Crippen LogP contribution in [0.1, 0.15) is 15.9 Å². The van der Waals surface area contributed by atoms with Gasteiger partial charge in [0.25, 0.3) is 5.91 Å². The Kier molecular flexibility index (Phi) is 6.45. The molecule has 0 fully saturated rings. The van der Waals surface area contributed by atoms with Crippen molar-refractivity contribution in [2.24, 2.45) is 0 Å². The molecule has 2 aromatic rings. The fraction of sp³-hybridized carbons (Fsp3) is 0.278. The average Bonchev–Trinajstić information content (AvgIpc) is 2.59. The fourth-order valence-corrected chi connectivity index (χ4v) is 4.00. The van der Waals surface area contributed by atoms with Crippen LogP contribution in [0.4, 0.5) is 10.1 Å². The molecule has 0 bridgehead atoms. The van der Waals surface area contributed by atoms with Crippen molar-refractivity contribution >= 4 is 31.3 Å². The highest BCUT2D eigenvalue weighted by atomic mass is 32.2. The van der Waals surface area contributed by atoms with E-state index in [4.69, 9.17) is 0 Å². The molecule has 0 aliphatic carbocycles. The average molecular weight is 429 g/mol. The van der Waals surface area contributed by atoms with Crippen LogP contribution in [0, 0.1) is 12.7 Å². The van der Waals surface area contributed by atoms with Crippen LogP contribution in [0.25, 0.3) is 0 Å². The lowest BCUT2D eigenvalue weighted by molar-refractivity contribution is 0.0954. The highest BCUT2D eigenvalue weighted by Crippen LogP contribution is 2.24.